The van der Waals surface area contributed by atoms with Crippen LogP contribution in [-0.2, 0) is 13.2 Å². The topological polar surface area (TPSA) is 32.7 Å². The Balaban J connectivity index is 1.85. The van der Waals surface area contributed by atoms with Crippen LogP contribution in [0.4, 0.5) is 5.69 Å². The summed E-state index contributed by atoms with van der Waals surface area (Å²) < 4.78 is 5.76. The third-order valence-corrected chi connectivity index (χ3v) is 3.44. The zero-order valence-corrected chi connectivity index (χ0v) is 10.7. The Morgan fingerprint density at radius 3 is 2.63 bits per heavy atom. The molecule has 2 aromatic rings. The molecule has 2 aromatic carbocycles. The van der Waals surface area contributed by atoms with Crippen molar-refractivity contribution < 1.29 is 9.84 Å². The molecule has 19 heavy (non-hydrogen) atoms. The zero-order valence-electron chi connectivity index (χ0n) is 10.7. The van der Waals surface area contributed by atoms with E-state index in [0.29, 0.717) is 6.61 Å². The van der Waals surface area contributed by atoms with Gasteiger partial charge in [-0.05, 0) is 23.8 Å². The second-order valence-corrected chi connectivity index (χ2v) is 4.70. The molecule has 0 amide bonds. The Morgan fingerprint density at radius 2 is 1.84 bits per heavy atom. The van der Waals surface area contributed by atoms with E-state index in [-0.39, 0.29) is 6.61 Å². The van der Waals surface area contributed by atoms with Crippen LogP contribution in [0, 0.1) is 0 Å². The van der Waals surface area contributed by atoms with Gasteiger partial charge in [0.2, 0.25) is 0 Å². The number of rotatable bonds is 2. The number of nitrogens with zero attached hydrogens (tertiary/aromatic N) is 1. The molecule has 1 aliphatic rings. The fourth-order valence-electron chi connectivity index (χ4n) is 2.36. The number of anilines is 1. The van der Waals surface area contributed by atoms with Crippen molar-refractivity contribution in [1.29, 1.82) is 0 Å². The minimum absolute atomic E-state index is 0.0895. The van der Waals surface area contributed by atoms with Gasteiger partial charge in [-0.3, -0.25) is 0 Å². The number of ether oxygens (including phenoxy) is 1. The summed E-state index contributed by atoms with van der Waals surface area (Å²) in [6.07, 6.45) is 0. The number of hydrogen-bond acceptors (Lipinski definition) is 3. The molecule has 0 saturated carbocycles. The summed E-state index contributed by atoms with van der Waals surface area (Å²) in [7, 11) is 0. The van der Waals surface area contributed by atoms with Gasteiger partial charge in [0.15, 0.2) is 0 Å². The molecule has 0 spiro atoms. The Labute approximate surface area is 113 Å². The summed E-state index contributed by atoms with van der Waals surface area (Å²) in [5, 5.41) is 9.08. The van der Waals surface area contributed by atoms with Crippen molar-refractivity contribution in [2.45, 2.75) is 13.2 Å². The lowest BCUT2D eigenvalue weighted by Gasteiger charge is -2.22. The highest BCUT2D eigenvalue weighted by Gasteiger charge is 2.14. The van der Waals surface area contributed by atoms with Crippen molar-refractivity contribution >= 4 is 5.69 Å². The van der Waals surface area contributed by atoms with E-state index >= 15 is 0 Å². The third kappa shape index (κ3) is 2.56. The van der Waals surface area contributed by atoms with E-state index < -0.39 is 0 Å². The molecule has 0 fully saturated rings. The minimum Gasteiger partial charge on any atom is -0.491 e. The molecular weight excluding hydrogens is 238 g/mol. The van der Waals surface area contributed by atoms with Crippen LogP contribution in [0.1, 0.15) is 11.1 Å². The first kappa shape index (κ1) is 12.1. The van der Waals surface area contributed by atoms with Crippen molar-refractivity contribution in [2.75, 3.05) is 18.1 Å². The molecule has 0 unspecified atom stereocenters. The van der Waals surface area contributed by atoms with E-state index in [9.17, 15) is 0 Å². The van der Waals surface area contributed by atoms with Crippen LogP contribution in [0.5, 0.6) is 5.75 Å². The number of aliphatic hydroxyl groups excluding tert-OH is 1. The zero-order chi connectivity index (χ0) is 13.1. The summed E-state index contributed by atoms with van der Waals surface area (Å²) >= 11 is 0. The standard InChI is InChI=1S/C16H17NO2/c18-12-13-5-7-15(8-6-13)17-9-10-19-16-4-2-1-3-14(16)11-17/h1-8,18H,9-12H2. The van der Waals surface area contributed by atoms with Crippen LogP contribution in [-0.4, -0.2) is 18.3 Å². The fraction of sp³-hybridized carbons (Fsp3) is 0.250. The monoisotopic (exact) mass is 255 g/mol. The van der Waals surface area contributed by atoms with Crippen LogP contribution in [0.3, 0.4) is 0 Å². The van der Waals surface area contributed by atoms with Crippen LogP contribution in [0.15, 0.2) is 48.5 Å². The van der Waals surface area contributed by atoms with Crippen molar-refractivity contribution in [1.82, 2.24) is 0 Å². The number of aliphatic hydroxyl groups is 1. The van der Waals surface area contributed by atoms with Gasteiger partial charge in [0.25, 0.3) is 0 Å². The van der Waals surface area contributed by atoms with Crippen LogP contribution in [0.25, 0.3) is 0 Å². The van der Waals surface area contributed by atoms with Crippen molar-refractivity contribution in [3.63, 3.8) is 0 Å². The van der Waals surface area contributed by atoms with E-state index in [0.717, 1.165) is 30.1 Å². The summed E-state index contributed by atoms with van der Waals surface area (Å²) in [4.78, 5) is 2.30. The molecule has 1 N–H and O–H groups in total. The van der Waals surface area contributed by atoms with Gasteiger partial charge in [0.05, 0.1) is 13.2 Å². The van der Waals surface area contributed by atoms with Crippen LogP contribution >= 0.6 is 0 Å². The lowest BCUT2D eigenvalue weighted by molar-refractivity contribution is 0.282. The van der Waals surface area contributed by atoms with E-state index in [2.05, 4.69) is 23.1 Å². The minimum atomic E-state index is 0.0895. The van der Waals surface area contributed by atoms with Crippen molar-refractivity contribution in [2.24, 2.45) is 0 Å². The fourth-order valence-corrected chi connectivity index (χ4v) is 2.36. The average molecular weight is 255 g/mol. The highest BCUT2D eigenvalue weighted by Crippen LogP contribution is 2.26. The molecule has 0 atom stereocenters. The molecule has 1 aliphatic heterocycles. The SMILES string of the molecule is OCc1ccc(N2CCOc3ccccc3C2)cc1. The second kappa shape index (κ2) is 5.33. The average Bonchev–Trinajstić information content (AvgIpc) is 2.69. The first-order valence-electron chi connectivity index (χ1n) is 6.52. The number of benzene rings is 2. The first-order chi connectivity index (χ1) is 9.36. The van der Waals surface area contributed by atoms with Gasteiger partial charge in [0, 0.05) is 17.8 Å². The molecule has 0 saturated heterocycles. The predicted molar refractivity (Wildman–Crippen MR) is 75.4 cm³/mol. The Hall–Kier alpha value is -2.00. The quantitative estimate of drug-likeness (QED) is 0.895. The molecule has 98 valence electrons. The molecule has 3 nitrogen and oxygen atoms in total. The maximum atomic E-state index is 9.08. The molecule has 0 aromatic heterocycles. The number of hydrogen-bond donors (Lipinski definition) is 1. The third-order valence-electron chi connectivity index (χ3n) is 3.44. The first-order valence-corrected chi connectivity index (χ1v) is 6.52. The van der Waals surface area contributed by atoms with Gasteiger partial charge >= 0.3 is 0 Å². The summed E-state index contributed by atoms with van der Waals surface area (Å²) in [6.45, 7) is 2.51. The molecule has 0 bridgehead atoms. The van der Waals surface area contributed by atoms with Crippen LogP contribution < -0.4 is 9.64 Å². The molecule has 3 rings (SSSR count). The van der Waals surface area contributed by atoms with Gasteiger partial charge in [-0.2, -0.15) is 0 Å². The normalized spacial score (nSPS) is 14.5. The van der Waals surface area contributed by atoms with Crippen LogP contribution in [0.2, 0.25) is 0 Å². The smallest absolute Gasteiger partial charge is 0.124 e. The summed E-state index contributed by atoms with van der Waals surface area (Å²) in [5.41, 5.74) is 3.32. The van der Waals surface area contributed by atoms with Crippen molar-refractivity contribution in [3.8, 4) is 5.75 Å². The number of para-hydroxylation sites is 1. The molecule has 1 heterocycles. The molecule has 0 aliphatic carbocycles. The Bertz CT molecular complexity index is 551. The van der Waals surface area contributed by atoms with Crippen molar-refractivity contribution in [3.05, 3.63) is 59.7 Å². The molecule has 3 heteroatoms. The van der Waals surface area contributed by atoms with Gasteiger partial charge in [-0.25, -0.2) is 0 Å². The maximum Gasteiger partial charge on any atom is 0.124 e. The second-order valence-electron chi connectivity index (χ2n) is 4.70. The molecule has 0 radical (unpaired) electrons. The highest BCUT2D eigenvalue weighted by molar-refractivity contribution is 5.50. The summed E-state index contributed by atoms with van der Waals surface area (Å²) in [5.74, 6) is 0.983. The van der Waals surface area contributed by atoms with Gasteiger partial charge in [-0.15, -0.1) is 0 Å². The largest absolute Gasteiger partial charge is 0.491 e. The molecular formula is C16H17NO2. The van der Waals surface area contributed by atoms with E-state index in [1.807, 2.05) is 30.3 Å². The van der Waals surface area contributed by atoms with E-state index in [1.54, 1.807) is 0 Å². The van der Waals surface area contributed by atoms with E-state index in [1.165, 1.54) is 5.56 Å². The lowest BCUT2D eigenvalue weighted by atomic mass is 10.1. The van der Waals surface area contributed by atoms with Gasteiger partial charge < -0.3 is 14.7 Å². The van der Waals surface area contributed by atoms with E-state index in [4.69, 9.17) is 9.84 Å². The lowest BCUT2D eigenvalue weighted by Crippen LogP contribution is -2.25. The van der Waals surface area contributed by atoms with Gasteiger partial charge in [0.1, 0.15) is 12.4 Å². The summed E-state index contributed by atoms with van der Waals surface area (Å²) in [6, 6.07) is 16.2. The van der Waals surface area contributed by atoms with Gasteiger partial charge in [-0.1, -0.05) is 30.3 Å². The Kier molecular flexibility index (Phi) is 3.38. The Morgan fingerprint density at radius 1 is 1.05 bits per heavy atom. The maximum absolute atomic E-state index is 9.08. The predicted octanol–water partition coefficient (Wildman–Crippen LogP) is 2.58. The highest BCUT2D eigenvalue weighted by atomic mass is 16.5. The number of fused-ring (bicyclic) bond motifs is 1.